The fraction of sp³-hybridized carbons (Fsp3) is 1.00. The van der Waals surface area contributed by atoms with Gasteiger partial charge in [0.15, 0.2) is 6.61 Å². The predicted octanol–water partition coefficient (Wildman–Crippen LogP) is 3.25. The van der Waals surface area contributed by atoms with Gasteiger partial charge in [0.25, 0.3) is 0 Å². The van der Waals surface area contributed by atoms with Crippen LogP contribution < -0.4 is 0 Å². The van der Waals surface area contributed by atoms with Crippen LogP contribution in [0, 0.1) is 0 Å². The van der Waals surface area contributed by atoms with E-state index in [1.807, 2.05) is 4.18 Å². The van der Waals surface area contributed by atoms with Crippen LogP contribution in [0.15, 0.2) is 0 Å². The molecule has 23 heavy (non-hydrogen) atoms. The van der Waals surface area contributed by atoms with Gasteiger partial charge in [0.2, 0.25) is 0 Å². The van der Waals surface area contributed by atoms with Gasteiger partial charge in [-0.3, -0.25) is 0 Å². The van der Waals surface area contributed by atoms with Crippen LogP contribution in [0.2, 0.25) is 0 Å². The largest absolute Gasteiger partial charge is 0.437 e. The van der Waals surface area contributed by atoms with E-state index in [2.05, 4.69) is 4.18 Å². The number of hydrogen-bond donors (Lipinski definition) is 0. The molecule has 0 N–H and O–H groups in total. The van der Waals surface area contributed by atoms with Gasteiger partial charge in [-0.1, -0.05) is 0 Å². The molecule has 0 aromatic carbocycles. The van der Waals surface area contributed by atoms with Crippen molar-refractivity contribution in [3.63, 3.8) is 0 Å². The molecule has 0 aromatic heterocycles. The number of alkyl halides is 12. The molecule has 0 atom stereocenters. The van der Waals surface area contributed by atoms with Gasteiger partial charge in [0.05, 0.1) is 0 Å². The highest BCUT2D eigenvalue weighted by molar-refractivity contribution is 7.81. The van der Waals surface area contributed by atoms with Crippen LogP contribution >= 0.6 is 0 Å². The van der Waals surface area contributed by atoms with E-state index in [0.717, 1.165) is 0 Å². The van der Waals surface area contributed by atoms with E-state index < -0.39 is 47.3 Å². The first-order valence-electron chi connectivity index (χ1n) is 4.53. The Hall–Kier alpha value is -0.970. The lowest BCUT2D eigenvalue weighted by molar-refractivity contribution is -0.437. The molecule has 0 radical (unpaired) electrons. The average Bonchev–Trinajstić information content (AvgIpc) is 2.17. The summed E-state index contributed by atoms with van der Waals surface area (Å²) in [7, 11) is -7.00. The third-order valence-electron chi connectivity index (χ3n) is 1.79. The molecule has 0 aromatic rings. The third kappa shape index (κ3) is 5.00. The molecular weight excluding hydrogens is 396 g/mol. The maximum Gasteiger partial charge on any atom is 0.437 e. The van der Waals surface area contributed by atoms with E-state index in [4.69, 9.17) is 0 Å². The maximum absolute atomic E-state index is 12.3. The van der Waals surface area contributed by atoms with Crippen molar-refractivity contribution in [2.24, 2.45) is 0 Å². The highest BCUT2D eigenvalue weighted by atomic mass is 32.3. The summed E-state index contributed by atoms with van der Waals surface area (Å²) in [6.45, 7) is -3.01. The third-order valence-corrected chi connectivity index (χ3v) is 2.65. The monoisotopic (exact) mass is 398 g/mol. The summed E-state index contributed by atoms with van der Waals surface area (Å²) in [5.41, 5.74) is -7.31. The molecule has 0 unspecified atom stereocenters. The van der Waals surface area contributed by atoms with Gasteiger partial charge in [0, 0.05) is 0 Å². The summed E-state index contributed by atoms with van der Waals surface area (Å²) < 4.78 is 171. The van der Waals surface area contributed by atoms with Crippen LogP contribution in [0.25, 0.3) is 0 Å². The number of halogens is 12. The quantitative estimate of drug-likeness (QED) is 0.683. The van der Waals surface area contributed by atoms with Gasteiger partial charge < -0.3 is 0 Å². The van der Waals surface area contributed by atoms with Crippen molar-refractivity contribution in [1.29, 1.82) is 0 Å². The van der Waals surface area contributed by atoms with E-state index in [1.54, 1.807) is 0 Å². The zero-order chi connectivity index (χ0) is 19.1. The summed E-state index contributed by atoms with van der Waals surface area (Å²) in [5, 5.41) is 0. The van der Waals surface area contributed by atoms with Gasteiger partial charge in [0.1, 0.15) is 0 Å². The minimum absolute atomic E-state index is 1.99. The standard InChI is InChI=1S/C6H2F12O4S/c7-2(8,9)1-21-23(19,20)22-3(4(10,11)12,5(13,14)15)6(16,17)18/h1H2. The summed E-state index contributed by atoms with van der Waals surface area (Å²) >= 11 is 0. The average molecular weight is 398 g/mol. The molecule has 0 saturated carbocycles. The summed E-state index contributed by atoms with van der Waals surface area (Å²) in [6, 6.07) is 0. The molecule has 0 rings (SSSR count). The number of hydrogen-bond acceptors (Lipinski definition) is 4. The Morgan fingerprint density at radius 2 is 0.957 bits per heavy atom. The molecule has 0 spiro atoms. The van der Waals surface area contributed by atoms with Crippen molar-refractivity contribution < 1.29 is 69.5 Å². The molecule has 0 aliphatic heterocycles. The zero-order valence-corrected chi connectivity index (χ0v) is 10.6. The van der Waals surface area contributed by atoms with Gasteiger partial charge in [-0.05, 0) is 0 Å². The summed E-state index contributed by atoms with van der Waals surface area (Å²) in [6.07, 6.45) is -27.9. The molecule has 140 valence electrons. The van der Waals surface area contributed by atoms with Crippen molar-refractivity contribution in [3.05, 3.63) is 0 Å². The second-order valence-electron chi connectivity index (χ2n) is 3.54. The Balaban J connectivity index is 6.03. The first kappa shape index (κ1) is 22.0. The van der Waals surface area contributed by atoms with Crippen LogP contribution in [-0.2, 0) is 18.8 Å². The van der Waals surface area contributed by atoms with Crippen molar-refractivity contribution in [2.75, 3.05) is 6.61 Å². The van der Waals surface area contributed by atoms with Gasteiger partial charge in [-0.2, -0.15) is 61.1 Å². The van der Waals surface area contributed by atoms with E-state index in [0.29, 0.717) is 0 Å². The van der Waals surface area contributed by atoms with Crippen molar-refractivity contribution >= 4 is 10.4 Å². The van der Waals surface area contributed by atoms with Gasteiger partial charge in [-0.15, -0.1) is 0 Å². The van der Waals surface area contributed by atoms with Crippen LogP contribution in [0.5, 0.6) is 0 Å². The van der Waals surface area contributed by atoms with Gasteiger partial charge >= 0.3 is 40.7 Å². The summed E-state index contributed by atoms with van der Waals surface area (Å²) in [5.74, 6) is 0. The summed E-state index contributed by atoms with van der Waals surface area (Å²) in [4.78, 5) is 0. The molecule has 4 nitrogen and oxygen atoms in total. The minimum Gasteiger partial charge on any atom is -0.239 e. The highest BCUT2D eigenvalue weighted by Gasteiger charge is 2.87. The topological polar surface area (TPSA) is 52.6 Å². The Kier molecular flexibility index (Phi) is 5.59. The number of rotatable bonds is 4. The first-order chi connectivity index (χ1) is 9.66. The Bertz CT molecular complexity index is 472. The SMILES string of the molecule is O=S(=O)(OCC(F)(F)F)OC(C(F)(F)F)(C(F)(F)F)C(F)(F)F. The molecule has 17 heteroatoms. The lowest BCUT2D eigenvalue weighted by Gasteiger charge is -2.36. The maximum atomic E-state index is 12.3. The lowest BCUT2D eigenvalue weighted by atomic mass is 10.0. The second-order valence-corrected chi connectivity index (χ2v) is 4.76. The minimum atomic E-state index is -7.45. The molecule has 0 bridgehead atoms. The molecule has 0 fully saturated rings. The molecule has 0 heterocycles. The van der Waals surface area contributed by atoms with Gasteiger partial charge in [-0.25, -0.2) is 8.37 Å². The zero-order valence-electron chi connectivity index (χ0n) is 9.78. The Morgan fingerprint density at radius 3 is 1.17 bits per heavy atom. The fourth-order valence-electron chi connectivity index (χ4n) is 0.940. The van der Waals surface area contributed by atoms with Crippen LogP contribution in [0.4, 0.5) is 52.7 Å². The van der Waals surface area contributed by atoms with Crippen LogP contribution in [0.3, 0.4) is 0 Å². The van der Waals surface area contributed by atoms with Crippen LogP contribution in [-0.4, -0.2) is 45.3 Å². The van der Waals surface area contributed by atoms with E-state index in [1.165, 1.54) is 0 Å². The molecular formula is C6H2F12O4S. The van der Waals surface area contributed by atoms with Crippen LogP contribution in [0.1, 0.15) is 0 Å². The highest BCUT2D eigenvalue weighted by Crippen LogP contribution is 2.55. The van der Waals surface area contributed by atoms with Crippen molar-refractivity contribution in [2.45, 2.75) is 30.3 Å². The van der Waals surface area contributed by atoms with Crippen molar-refractivity contribution in [1.82, 2.24) is 0 Å². The smallest absolute Gasteiger partial charge is 0.239 e. The Labute approximate surface area is 118 Å². The second kappa shape index (κ2) is 5.83. The van der Waals surface area contributed by atoms with Crippen molar-refractivity contribution in [3.8, 4) is 0 Å². The first-order valence-corrected chi connectivity index (χ1v) is 5.86. The Morgan fingerprint density at radius 1 is 0.652 bits per heavy atom. The predicted molar refractivity (Wildman–Crippen MR) is 42.9 cm³/mol. The van der Waals surface area contributed by atoms with E-state index >= 15 is 0 Å². The molecule has 0 saturated heterocycles. The normalized spacial score (nSPS) is 15.8. The fourth-order valence-corrected chi connectivity index (χ4v) is 1.86. The molecule has 0 amide bonds. The van der Waals surface area contributed by atoms with E-state index in [9.17, 15) is 61.1 Å². The van der Waals surface area contributed by atoms with E-state index in [-0.39, 0.29) is 0 Å². The lowest BCUT2D eigenvalue weighted by Crippen LogP contribution is -2.68. The molecule has 0 aliphatic rings. The molecule has 0 aliphatic carbocycles.